The fourth-order valence-electron chi connectivity index (χ4n) is 1.63. The lowest BCUT2D eigenvalue weighted by Gasteiger charge is -2.32. The van der Waals surface area contributed by atoms with E-state index in [0.29, 0.717) is 0 Å². The molecule has 0 rings (SSSR count). The van der Waals surface area contributed by atoms with Crippen molar-refractivity contribution in [1.29, 1.82) is 0 Å². The van der Waals surface area contributed by atoms with Gasteiger partial charge in [-0.15, -0.1) is 0 Å². The molecule has 0 heterocycles. The van der Waals surface area contributed by atoms with E-state index in [1.807, 2.05) is 0 Å². The predicted molar refractivity (Wildman–Crippen MR) is 75.3 cm³/mol. The molecule has 0 N–H and O–H groups in total. The van der Waals surface area contributed by atoms with Crippen LogP contribution in [0.15, 0.2) is 24.3 Å². The third kappa shape index (κ3) is 7.76. The van der Waals surface area contributed by atoms with Crippen LogP contribution in [0.5, 0.6) is 0 Å². The van der Waals surface area contributed by atoms with E-state index < -0.39 is 16.6 Å². The number of hydrogen-bond donors (Lipinski definition) is 0. The van der Waals surface area contributed by atoms with Crippen LogP contribution in [0.1, 0.15) is 13.8 Å². The Morgan fingerprint density at radius 1 is 0.800 bits per heavy atom. The smallest absolute Gasteiger partial charge is 0.177 e. The van der Waals surface area contributed by atoms with Crippen LogP contribution in [0, 0.1) is 0 Å². The summed E-state index contributed by atoms with van der Waals surface area (Å²) in [5, 5.41) is 0. The normalized spacial score (nSPS) is 14.3. The molecule has 0 spiro atoms. The van der Waals surface area contributed by atoms with Crippen LogP contribution in [-0.4, -0.2) is 16.6 Å². The average Bonchev–Trinajstić information content (AvgIpc) is 2.10. The molecule has 0 aliphatic carbocycles. The quantitative estimate of drug-likeness (QED) is 0.490. The summed E-state index contributed by atoms with van der Waals surface area (Å²) in [5.74, 6) is 0. The zero-order chi connectivity index (χ0) is 11.9. The standard InChI is InChI=1S/C12H26OSi2/c1-7-9-11-14(3,4)13-15(5,6)12-10-8-2/h7-10H,11-12H2,1-6H3/b9-7+,10-8+. The highest BCUT2D eigenvalue weighted by molar-refractivity contribution is 6.85. The molecule has 0 amide bonds. The van der Waals surface area contributed by atoms with E-state index >= 15 is 0 Å². The van der Waals surface area contributed by atoms with Crippen LogP contribution in [0.3, 0.4) is 0 Å². The van der Waals surface area contributed by atoms with Gasteiger partial charge in [0.2, 0.25) is 0 Å². The first-order valence-corrected chi connectivity index (χ1v) is 12.0. The number of allylic oxidation sites excluding steroid dienone is 4. The third-order valence-corrected chi connectivity index (χ3v) is 9.10. The fraction of sp³-hybridized carbons (Fsp3) is 0.667. The maximum absolute atomic E-state index is 6.40. The zero-order valence-corrected chi connectivity index (χ0v) is 13.1. The average molecular weight is 243 g/mol. The molecule has 0 aromatic heterocycles. The summed E-state index contributed by atoms with van der Waals surface area (Å²) in [6.45, 7) is 13.4. The lowest BCUT2D eigenvalue weighted by Crippen LogP contribution is -2.43. The van der Waals surface area contributed by atoms with Crippen molar-refractivity contribution in [3.63, 3.8) is 0 Å². The highest BCUT2D eigenvalue weighted by atomic mass is 28.4. The highest BCUT2D eigenvalue weighted by Crippen LogP contribution is 2.22. The summed E-state index contributed by atoms with van der Waals surface area (Å²) in [4.78, 5) is 0. The van der Waals surface area contributed by atoms with Gasteiger partial charge in [-0.25, -0.2) is 0 Å². The molecule has 0 aromatic rings. The zero-order valence-electron chi connectivity index (χ0n) is 11.1. The van der Waals surface area contributed by atoms with Crippen LogP contribution in [0.4, 0.5) is 0 Å². The van der Waals surface area contributed by atoms with E-state index in [0.717, 1.165) is 12.1 Å². The first-order valence-electron chi connectivity index (χ1n) is 5.75. The van der Waals surface area contributed by atoms with Gasteiger partial charge in [0.25, 0.3) is 0 Å². The second kappa shape index (κ2) is 6.45. The van der Waals surface area contributed by atoms with Crippen molar-refractivity contribution in [2.45, 2.75) is 52.1 Å². The van der Waals surface area contributed by atoms with Crippen molar-refractivity contribution < 1.29 is 4.12 Å². The molecule has 0 aliphatic heterocycles. The van der Waals surface area contributed by atoms with E-state index in [1.54, 1.807) is 0 Å². The molecule has 0 unspecified atom stereocenters. The Bertz CT molecular complexity index is 206. The molecule has 88 valence electrons. The summed E-state index contributed by atoms with van der Waals surface area (Å²) in [7, 11) is -2.94. The van der Waals surface area contributed by atoms with Gasteiger partial charge in [0.1, 0.15) is 0 Å². The van der Waals surface area contributed by atoms with Crippen molar-refractivity contribution in [3.05, 3.63) is 24.3 Å². The van der Waals surface area contributed by atoms with Gasteiger partial charge in [0.05, 0.1) is 0 Å². The van der Waals surface area contributed by atoms with Crippen molar-refractivity contribution in [1.82, 2.24) is 0 Å². The van der Waals surface area contributed by atoms with E-state index in [4.69, 9.17) is 4.12 Å². The second-order valence-electron chi connectivity index (χ2n) is 5.17. The van der Waals surface area contributed by atoms with Crippen molar-refractivity contribution in [2.75, 3.05) is 0 Å². The van der Waals surface area contributed by atoms with Gasteiger partial charge < -0.3 is 4.12 Å². The Balaban J connectivity index is 4.28. The summed E-state index contributed by atoms with van der Waals surface area (Å²) in [5.41, 5.74) is 0. The molecule has 0 atom stereocenters. The van der Waals surface area contributed by atoms with Crippen LogP contribution in [0.25, 0.3) is 0 Å². The van der Waals surface area contributed by atoms with Gasteiger partial charge in [0, 0.05) is 0 Å². The van der Waals surface area contributed by atoms with E-state index in [1.165, 1.54) is 0 Å². The van der Waals surface area contributed by atoms with Gasteiger partial charge in [0.15, 0.2) is 16.6 Å². The molecule has 0 fully saturated rings. The summed E-state index contributed by atoms with van der Waals surface area (Å²) < 4.78 is 6.40. The van der Waals surface area contributed by atoms with E-state index in [2.05, 4.69) is 64.3 Å². The van der Waals surface area contributed by atoms with Crippen LogP contribution >= 0.6 is 0 Å². The monoisotopic (exact) mass is 242 g/mol. The Morgan fingerprint density at radius 3 is 1.40 bits per heavy atom. The van der Waals surface area contributed by atoms with E-state index in [-0.39, 0.29) is 0 Å². The topological polar surface area (TPSA) is 9.23 Å². The van der Waals surface area contributed by atoms with E-state index in [9.17, 15) is 0 Å². The Morgan fingerprint density at radius 2 is 1.13 bits per heavy atom. The first-order chi connectivity index (χ1) is 6.83. The molecular weight excluding hydrogens is 216 g/mol. The Kier molecular flexibility index (Phi) is 6.40. The van der Waals surface area contributed by atoms with Gasteiger partial charge in [-0.2, -0.15) is 0 Å². The van der Waals surface area contributed by atoms with Crippen LogP contribution < -0.4 is 0 Å². The van der Waals surface area contributed by atoms with Crippen LogP contribution in [0.2, 0.25) is 38.3 Å². The maximum atomic E-state index is 6.40. The lowest BCUT2D eigenvalue weighted by molar-refractivity contribution is 0.548. The maximum Gasteiger partial charge on any atom is 0.177 e. The minimum Gasteiger partial charge on any atom is -0.455 e. The summed E-state index contributed by atoms with van der Waals surface area (Å²) in [6.07, 6.45) is 8.73. The lowest BCUT2D eigenvalue weighted by atomic mass is 10.6. The summed E-state index contributed by atoms with van der Waals surface area (Å²) in [6, 6.07) is 2.27. The molecular formula is C12H26OSi2. The molecule has 1 nitrogen and oxygen atoms in total. The highest BCUT2D eigenvalue weighted by Gasteiger charge is 2.30. The molecule has 3 heteroatoms. The van der Waals surface area contributed by atoms with Gasteiger partial charge in [-0.3, -0.25) is 0 Å². The summed E-state index contributed by atoms with van der Waals surface area (Å²) >= 11 is 0. The van der Waals surface area contributed by atoms with Gasteiger partial charge in [-0.1, -0.05) is 24.3 Å². The second-order valence-corrected chi connectivity index (χ2v) is 13.8. The van der Waals surface area contributed by atoms with Crippen molar-refractivity contribution in [3.8, 4) is 0 Å². The molecule has 0 aliphatic rings. The predicted octanol–water partition coefficient (Wildman–Crippen LogP) is 4.57. The number of hydrogen-bond acceptors (Lipinski definition) is 1. The molecule has 0 aromatic carbocycles. The molecule has 0 saturated carbocycles. The van der Waals surface area contributed by atoms with Crippen molar-refractivity contribution in [2.24, 2.45) is 0 Å². The Labute approximate surface area is 97.5 Å². The molecule has 0 radical (unpaired) electrons. The largest absolute Gasteiger partial charge is 0.455 e. The van der Waals surface area contributed by atoms with Crippen LogP contribution in [-0.2, 0) is 4.12 Å². The SMILES string of the molecule is C/C=C/C[Si](C)(C)O[Si](C)(C)C/C=C/C. The molecule has 15 heavy (non-hydrogen) atoms. The molecule has 0 bridgehead atoms. The van der Waals surface area contributed by atoms with Gasteiger partial charge in [-0.05, 0) is 52.1 Å². The van der Waals surface area contributed by atoms with Crippen molar-refractivity contribution >= 4 is 16.6 Å². The fourth-order valence-corrected chi connectivity index (χ4v) is 9.89. The first kappa shape index (κ1) is 14.9. The minimum absolute atomic E-state index is 1.13. The van der Waals surface area contributed by atoms with Gasteiger partial charge >= 0.3 is 0 Å². The Hall–Kier alpha value is -0.126. The minimum atomic E-state index is -1.47. The molecule has 0 saturated heterocycles. The number of rotatable bonds is 6. The third-order valence-electron chi connectivity index (χ3n) is 2.24.